The number of halogens is 3. The summed E-state index contributed by atoms with van der Waals surface area (Å²) in [5.41, 5.74) is 6.79. The van der Waals surface area contributed by atoms with Gasteiger partial charge in [0.15, 0.2) is 0 Å². The molecule has 0 saturated carbocycles. The van der Waals surface area contributed by atoms with Gasteiger partial charge in [-0.3, -0.25) is 5.73 Å². The third-order valence-corrected chi connectivity index (χ3v) is 4.89. The van der Waals surface area contributed by atoms with E-state index in [-0.39, 0.29) is 5.75 Å². The molecule has 3 nitrogen and oxygen atoms in total. The van der Waals surface area contributed by atoms with Gasteiger partial charge >= 0.3 is 11.5 Å². The van der Waals surface area contributed by atoms with Crippen LogP contribution >= 0.6 is 23.1 Å². The normalized spacial score (nSPS) is 12.0. The van der Waals surface area contributed by atoms with E-state index in [1.54, 1.807) is 6.07 Å². The Morgan fingerprint density at radius 1 is 1.33 bits per heavy atom. The Morgan fingerprint density at radius 2 is 2.10 bits per heavy atom. The lowest BCUT2D eigenvalue weighted by atomic mass is 10.3. The number of nitrogens with two attached hydrogens (primary N) is 1. The average molecular weight is 337 g/mol. The van der Waals surface area contributed by atoms with Gasteiger partial charge in [-0.05, 0) is 35.6 Å². The molecular weight excluding hydrogens is 321 g/mol. The standard InChI is InChI=1S/C13H15F3N2OS2/c1-2-6-20-7-5-18-10-4-3-9(19-13(14,15)16)8-11(10)21-12(18)17/h3-4,8,17H,2,5-7H2,1H3/p+1. The van der Waals surface area contributed by atoms with Gasteiger partial charge in [0.25, 0.3) is 0 Å². The molecule has 1 aromatic heterocycles. The van der Waals surface area contributed by atoms with E-state index in [0.29, 0.717) is 9.83 Å². The molecule has 1 aromatic carbocycles. The number of anilines is 1. The summed E-state index contributed by atoms with van der Waals surface area (Å²) in [5, 5.41) is 0.589. The molecule has 0 spiro atoms. The van der Waals surface area contributed by atoms with E-state index in [9.17, 15) is 13.2 Å². The summed E-state index contributed by atoms with van der Waals surface area (Å²) in [4.78, 5) is 0. The zero-order chi connectivity index (χ0) is 15.5. The molecule has 0 bridgehead atoms. The lowest BCUT2D eigenvalue weighted by molar-refractivity contribution is -0.648. The van der Waals surface area contributed by atoms with E-state index < -0.39 is 6.36 Å². The van der Waals surface area contributed by atoms with Crippen molar-refractivity contribution < 1.29 is 22.5 Å². The second-order valence-corrected chi connectivity index (χ2v) is 6.67. The number of hydrogen-bond donors (Lipinski definition) is 1. The Bertz CT molecular complexity index is 613. The number of ether oxygens (including phenoxy) is 1. The molecule has 2 N–H and O–H groups in total. The molecule has 0 fully saturated rings. The molecule has 116 valence electrons. The predicted octanol–water partition coefficient (Wildman–Crippen LogP) is 3.81. The van der Waals surface area contributed by atoms with Crippen molar-refractivity contribution in [2.45, 2.75) is 26.3 Å². The first-order chi connectivity index (χ1) is 9.90. The number of alkyl halides is 3. The summed E-state index contributed by atoms with van der Waals surface area (Å²) in [6, 6.07) is 4.31. The van der Waals surface area contributed by atoms with E-state index in [1.807, 2.05) is 16.3 Å². The number of aryl methyl sites for hydroxylation is 1. The van der Waals surface area contributed by atoms with Gasteiger partial charge in [0.2, 0.25) is 0 Å². The lowest BCUT2D eigenvalue weighted by Gasteiger charge is -2.08. The maximum Gasteiger partial charge on any atom is 0.573 e. The predicted molar refractivity (Wildman–Crippen MR) is 80.7 cm³/mol. The smallest absolute Gasteiger partial charge is 0.406 e. The Balaban J connectivity index is 2.18. The summed E-state index contributed by atoms with van der Waals surface area (Å²) < 4.78 is 43.2. The monoisotopic (exact) mass is 337 g/mol. The molecule has 0 unspecified atom stereocenters. The van der Waals surface area contributed by atoms with Crippen LogP contribution in [0.15, 0.2) is 18.2 Å². The van der Waals surface area contributed by atoms with Crippen LogP contribution in [-0.4, -0.2) is 17.9 Å². The van der Waals surface area contributed by atoms with Crippen LogP contribution in [0.25, 0.3) is 10.2 Å². The van der Waals surface area contributed by atoms with Gasteiger partial charge < -0.3 is 4.74 Å². The Morgan fingerprint density at radius 3 is 2.76 bits per heavy atom. The molecule has 0 amide bonds. The van der Waals surface area contributed by atoms with Crippen LogP contribution in [0, 0.1) is 0 Å². The van der Waals surface area contributed by atoms with Gasteiger partial charge in [-0.2, -0.15) is 11.8 Å². The highest BCUT2D eigenvalue weighted by Gasteiger charge is 2.31. The van der Waals surface area contributed by atoms with Crippen LogP contribution in [0.5, 0.6) is 5.75 Å². The number of rotatable bonds is 6. The van der Waals surface area contributed by atoms with Crippen molar-refractivity contribution >= 4 is 38.4 Å². The van der Waals surface area contributed by atoms with Gasteiger partial charge in [0, 0.05) is 11.8 Å². The summed E-state index contributed by atoms with van der Waals surface area (Å²) >= 11 is 3.10. The number of nitrogens with zero attached hydrogens (tertiary/aromatic N) is 1. The van der Waals surface area contributed by atoms with Crippen LogP contribution in [0.2, 0.25) is 0 Å². The van der Waals surface area contributed by atoms with Crippen molar-refractivity contribution in [1.29, 1.82) is 0 Å². The molecule has 2 rings (SSSR count). The minimum absolute atomic E-state index is 0.219. The lowest BCUT2D eigenvalue weighted by Crippen LogP contribution is -2.36. The number of nitrogen functional groups attached to an aromatic ring is 1. The van der Waals surface area contributed by atoms with Crippen molar-refractivity contribution in [2.75, 3.05) is 17.2 Å². The second-order valence-electron chi connectivity index (χ2n) is 4.38. The number of hydrogen-bond acceptors (Lipinski definition) is 4. The molecule has 0 radical (unpaired) electrons. The molecule has 0 aliphatic rings. The topological polar surface area (TPSA) is 39.1 Å². The van der Waals surface area contributed by atoms with Gasteiger partial charge in [-0.1, -0.05) is 6.92 Å². The largest absolute Gasteiger partial charge is 0.573 e. The minimum Gasteiger partial charge on any atom is -0.406 e. The highest BCUT2D eigenvalue weighted by atomic mass is 32.2. The van der Waals surface area contributed by atoms with E-state index >= 15 is 0 Å². The first-order valence-corrected chi connectivity index (χ1v) is 8.43. The molecule has 0 atom stereocenters. The number of benzene rings is 1. The van der Waals surface area contributed by atoms with Gasteiger partial charge in [-0.25, -0.2) is 4.57 Å². The Hall–Kier alpha value is -1.15. The highest BCUT2D eigenvalue weighted by Crippen LogP contribution is 2.29. The molecule has 2 aromatic rings. The van der Waals surface area contributed by atoms with E-state index in [4.69, 9.17) is 5.73 Å². The first kappa shape index (κ1) is 16.2. The number of thioether (sulfide) groups is 1. The van der Waals surface area contributed by atoms with Crippen molar-refractivity contribution in [3.05, 3.63) is 18.2 Å². The fraction of sp³-hybridized carbons (Fsp3) is 0.462. The fourth-order valence-electron chi connectivity index (χ4n) is 1.92. The Kier molecular flexibility index (Phi) is 5.21. The van der Waals surface area contributed by atoms with Gasteiger partial charge in [0.1, 0.15) is 17.8 Å². The Labute approximate surface area is 128 Å². The molecular formula is C13H16F3N2OS2+. The molecule has 21 heavy (non-hydrogen) atoms. The third-order valence-electron chi connectivity index (χ3n) is 2.74. The molecule has 0 saturated heterocycles. The summed E-state index contributed by atoms with van der Waals surface area (Å²) in [5.74, 6) is 1.80. The zero-order valence-electron chi connectivity index (χ0n) is 11.4. The van der Waals surface area contributed by atoms with E-state index in [0.717, 1.165) is 30.0 Å². The van der Waals surface area contributed by atoms with Crippen molar-refractivity contribution in [3.8, 4) is 5.75 Å². The quantitative estimate of drug-likeness (QED) is 0.643. The molecule has 1 heterocycles. The van der Waals surface area contributed by atoms with Crippen LogP contribution in [-0.2, 0) is 6.54 Å². The maximum absolute atomic E-state index is 12.2. The van der Waals surface area contributed by atoms with Crippen molar-refractivity contribution in [3.63, 3.8) is 0 Å². The molecule has 0 aliphatic carbocycles. The van der Waals surface area contributed by atoms with Crippen LogP contribution in [0.3, 0.4) is 0 Å². The van der Waals surface area contributed by atoms with Gasteiger partial charge in [-0.15, -0.1) is 13.2 Å². The first-order valence-electron chi connectivity index (χ1n) is 6.46. The van der Waals surface area contributed by atoms with Crippen LogP contribution in [0.4, 0.5) is 18.3 Å². The van der Waals surface area contributed by atoms with Crippen LogP contribution < -0.4 is 15.0 Å². The van der Waals surface area contributed by atoms with E-state index in [1.165, 1.54) is 23.5 Å². The number of thiazole rings is 1. The highest BCUT2D eigenvalue weighted by molar-refractivity contribution is 7.99. The summed E-state index contributed by atoms with van der Waals surface area (Å²) in [6.45, 7) is 2.87. The maximum atomic E-state index is 12.2. The summed E-state index contributed by atoms with van der Waals surface area (Å²) in [6.07, 6.45) is -3.56. The zero-order valence-corrected chi connectivity index (χ0v) is 13.1. The number of fused-ring (bicyclic) bond motifs is 1. The van der Waals surface area contributed by atoms with Crippen molar-refractivity contribution in [2.24, 2.45) is 0 Å². The SMILES string of the molecule is CCCSCC[n+]1c(N)sc2cc(OC(F)(F)F)ccc21. The average Bonchev–Trinajstić information content (AvgIpc) is 2.68. The fourth-order valence-corrected chi connectivity index (χ4v) is 3.70. The summed E-state index contributed by atoms with van der Waals surface area (Å²) in [7, 11) is 0. The molecule has 8 heteroatoms. The molecule has 0 aliphatic heterocycles. The van der Waals surface area contributed by atoms with Gasteiger partial charge in [0.05, 0.1) is 4.70 Å². The van der Waals surface area contributed by atoms with Crippen molar-refractivity contribution in [1.82, 2.24) is 0 Å². The van der Waals surface area contributed by atoms with Crippen LogP contribution in [0.1, 0.15) is 13.3 Å². The minimum atomic E-state index is -4.68. The third kappa shape index (κ3) is 4.41. The number of aromatic nitrogens is 1. The second kappa shape index (κ2) is 6.74. The van der Waals surface area contributed by atoms with E-state index in [2.05, 4.69) is 11.7 Å².